The summed E-state index contributed by atoms with van der Waals surface area (Å²) in [5, 5.41) is 4.25. The van der Waals surface area contributed by atoms with Gasteiger partial charge in [0.15, 0.2) is 6.61 Å². The molecule has 2 aromatic carbocycles. The molecule has 2 amide bonds. The number of carbonyl (C=O) groups is 2. The quantitative estimate of drug-likeness (QED) is 0.409. The fraction of sp³-hybridized carbons (Fsp3) is 0.364. The monoisotopic (exact) mass is 548 g/mol. The minimum absolute atomic E-state index is 0.0660. The molecule has 0 fully saturated rings. The second kappa shape index (κ2) is 12.0. The summed E-state index contributed by atoms with van der Waals surface area (Å²) >= 11 is 22.0. The highest BCUT2D eigenvalue weighted by Crippen LogP contribution is 2.29. The molecule has 0 saturated carbocycles. The van der Waals surface area contributed by atoms with Gasteiger partial charge >= 0.3 is 0 Å². The third-order valence-corrected chi connectivity index (χ3v) is 6.02. The van der Waals surface area contributed by atoms with E-state index in [0.29, 0.717) is 37.3 Å². The Morgan fingerprint density at radius 2 is 1.77 bits per heavy atom. The second-order valence-electron chi connectivity index (χ2n) is 7.17. The lowest BCUT2D eigenvalue weighted by Crippen LogP contribution is -2.51. The maximum absolute atomic E-state index is 13.2. The summed E-state index contributed by atoms with van der Waals surface area (Å²) in [6.07, 6.45) is 0.414. The highest BCUT2D eigenvalue weighted by Gasteiger charge is 2.30. The van der Waals surface area contributed by atoms with Gasteiger partial charge in [-0.1, -0.05) is 47.8 Å². The Morgan fingerprint density at radius 1 is 1.13 bits per heavy atom. The normalized spacial score (nSPS) is 11.9. The zero-order valence-corrected chi connectivity index (χ0v) is 21.3. The Labute approximate surface area is 206 Å². The van der Waals surface area contributed by atoms with Gasteiger partial charge in [-0.3, -0.25) is 9.59 Å². The van der Waals surface area contributed by atoms with Gasteiger partial charge in [-0.05, 0) is 66.5 Å². The van der Waals surface area contributed by atoms with Crippen molar-refractivity contribution < 1.29 is 14.3 Å². The molecular weight excluding hydrogens is 527 g/mol. The maximum atomic E-state index is 13.2. The Hall–Kier alpha value is -1.47. The first-order valence-electron chi connectivity index (χ1n) is 9.74. The van der Waals surface area contributed by atoms with Gasteiger partial charge in [-0.15, -0.1) is 0 Å². The molecule has 1 atom stereocenters. The van der Waals surface area contributed by atoms with Crippen LogP contribution in [0.3, 0.4) is 0 Å². The first-order chi connectivity index (χ1) is 14.6. The zero-order chi connectivity index (χ0) is 23.1. The van der Waals surface area contributed by atoms with Gasteiger partial charge in [0.1, 0.15) is 11.8 Å². The van der Waals surface area contributed by atoms with Gasteiger partial charge in [-0.25, -0.2) is 0 Å². The van der Waals surface area contributed by atoms with Crippen LogP contribution in [-0.2, 0) is 16.1 Å². The molecule has 31 heavy (non-hydrogen) atoms. The van der Waals surface area contributed by atoms with Crippen LogP contribution < -0.4 is 10.1 Å². The molecule has 0 aliphatic heterocycles. The number of hydrogen-bond donors (Lipinski definition) is 1. The first-order valence-corrected chi connectivity index (χ1v) is 11.7. The molecule has 0 bridgehead atoms. The topological polar surface area (TPSA) is 58.6 Å². The molecule has 0 spiro atoms. The molecule has 5 nitrogen and oxygen atoms in total. The Kier molecular flexibility index (Phi) is 9.94. The fourth-order valence-electron chi connectivity index (χ4n) is 2.97. The van der Waals surface area contributed by atoms with Gasteiger partial charge in [0, 0.05) is 33.2 Å². The van der Waals surface area contributed by atoms with Crippen LogP contribution in [0.5, 0.6) is 5.75 Å². The van der Waals surface area contributed by atoms with E-state index in [1.807, 2.05) is 20.8 Å². The van der Waals surface area contributed by atoms with Gasteiger partial charge in [-0.2, -0.15) is 0 Å². The summed E-state index contributed by atoms with van der Waals surface area (Å²) < 4.78 is 6.32. The largest absolute Gasteiger partial charge is 0.483 e. The van der Waals surface area contributed by atoms with Crippen molar-refractivity contribution in [3.05, 3.63) is 61.5 Å². The smallest absolute Gasteiger partial charge is 0.261 e. The van der Waals surface area contributed by atoms with Crippen molar-refractivity contribution in [3.8, 4) is 5.75 Å². The van der Waals surface area contributed by atoms with E-state index in [1.54, 1.807) is 36.4 Å². The Bertz CT molecular complexity index is 920. The average molecular weight is 551 g/mol. The van der Waals surface area contributed by atoms with E-state index in [9.17, 15) is 9.59 Å². The van der Waals surface area contributed by atoms with E-state index < -0.39 is 6.04 Å². The SMILES string of the molecule is CC[C@H](C(=O)NC(C)C)N(Cc1c(Cl)cccc1Cl)C(=O)COc1ccc(Cl)cc1Br. The lowest BCUT2D eigenvalue weighted by atomic mass is 10.1. The third-order valence-electron chi connectivity index (χ3n) is 4.45. The van der Waals surface area contributed by atoms with Crippen LogP contribution >= 0.6 is 50.7 Å². The standard InChI is InChI=1S/C22H24BrCl3N2O3/c1-4-19(22(30)27-13(2)3)28(11-15-17(25)6-5-7-18(15)26)21(29)12-31-20-9-8-14(24)10-16(20)23/h5-10,13,19H,4,11-12H2,1-3H3,(H,27,30)/t19-/m1/s1. The van der Waals surface area contributed by atoms with E-state index in [2.05, 4.69) is 21.2 Å². The summed E-state index contributed by atoms with van der Waals surface area (Å²) in [4.78, 5) is 27.5. The summed E-state index contributed by atoms with van der Waals surface area (Å²) in [5.41, 5.74) is 0.572. The van der Waals surface area contributed by atoms with Crippen LogP contribution in [0.4, 0.5) is 0 Å². The molecule has 0 radical (unpaired) electrons. The molecule has 0 aliphatic rings. The molecule has 2 aromatic rings. The van der Waals surface area contributed by atoms with Gasteiger partial charge in [0.25, 0.3) is 5.91 Å². The number of nitrogens with one attached hydrogen (secondary N) is 1. The van der Waals surface area contributed by atoms with Crippen molar-refractivity contribution in [3.63, 3.8) is 0 Å². The van der Waals surface area contributed by atoms with Gasteiger partial charge in [0.2, 0.25) is 5.91 Å². The molecule has 2 rings (SSSR count). The average Bonchev–Trinajstić information content (AvgIpc) is 2.68. The van der Waals surface area contributed by atoms with Crippen LogP contribution in [0, 0.1) is 0 Å². The molecule has 168 valence electrons. The van der Waals surface area contributed by atoms with Crippen molar-refractivity contribution in [1.82, 2.24) is 10.2 Å². The molecule has 0 aliphatic carbocycles. The van der Waals surface area contributed by atoms with E-state index in [4.69, 9.17) is 39.5 Å². The van der Waals surface area contributed by atoms with Crippen LogP contribution in [0.15, 0.2) is 40.9 Å². The fourth-order valence-corrected chi connectivity index (χ4v) is 4.28. The number of hydrogen-bond acceptors (Lipinski definition) is 3. The number of amides is 2. The first kappa shape index (κ1) is 25.8. The van der Waals surface area contributed by atoms with E-state index in [0.717, 1.165) is 0 Å². The summed E-state index contributed by atoms with van der Waals surface area (Å²) in [6.45, 7) is 5.38. The summed E-state index contributed by atoms with van der Waals surface area (Å²) in [5.74, 6) is -0.154. The molecule has 0 heterocycles. The highest BCUT2D eigenvalue weighted by molar-refractivity contribution is 9.10. The van der Waals surface area contributed by atoms with E-state index >= 15 is 0 Å². The van der Waals surface area contributed by atoms with Gasteiger partial charge in [0.05, 0.1) is 4.47 Å². The van der Waals surface area contributed by atoms with Crippen LogP contribution in [0.25, 0.3) is 0 Å². The predicted molar refractivity (Wildman–Crippen MR) is 129 cm³/mol. The summed E-state index contributed by atoms with van der Waals surface area (Å²) in [6, 6.07) is 9.35. The van der Waals surface area contributed by atoms with E-state index in [1.165, 1.54) is 4.90 Å². The molecule has 1 N–H and O–H groups in total. The number of halogens is 4. The Morgan fingerprint density at radius 3 is 2.32 bits per heavy atom. The maximum Gasteiger partial charge on any atom is 0.261 e. The van der Waals surface area contributed by atoms with Crippen molar-refractivity contribution in [2.24, 2.45) is 0 Å². The van der Waals surface area contributed by atoms with Crippen LogP contribution in [0.1, 0.15) is 32.8 Å². The van der Waals surface area contributed by atoms with Crippen molar-refractivity contribution in [2.45, 2.75) is 45.8 Å². The Balaban J connectivity index is 2.30. The minimum Gasteiger partial charge on any atom is -0.483 e. The van der Waals surface area contributed by atoms with Crippen molar-refractivity contribution in [2.75, 3.05) is 6.61 Å². The molecule has 9 heteroatoms. The second-order valence-corrected chi connectivity index (χ2v) is 9.28. The van der Waals surface area contributed by atoms with Gasteiger partial charge < -0.3 is 15.0 Å². The third kappa shape index (κ3) is 7.28. The number of carbonyl (C=O) groups excluding carboxylic acids is 2. The number of nitrogens with zero attached hydrogens (tertiary/aromatic N) is 1. The molecule has 0 saturated heterocycles. The number of rotatable bonds is 9. The highest BCUT2D eigenvalue weighted by atomic mass is 79.9. The van der Waals surface area contributed by atoms with Crippen molar-refractivity contribution >= 4 is 62.5 Å². The molecule has 0 unspecified atom stereocenters. The van der Waals surface area contributed by atoms with Crippen LogP contribution in [-0.4, -0.2) is 35.4 Å². The lowest BCUT2D eigenvalue weighted by Gasteiger charge is -2.31. The number of benzene rings is 2. The molecular formula is C22H24BrCl3N2O3. The predicted octanol–water partition coefficient (Wildman–Crippen LogP) is 6.12. The zero-order valence-electron chi connectivity index (χ0n) is 17.4. The lowest BCUT2D eigenvalue weighted by molar-refractivity contribution is -0.143. The molecule has 0 aromatic heterocycles. The number of ether oxygens (including phenoxy) is 1. The van der Waals surface area contributed by atoms with Crippen LogP contribution in [0.2, 0.25) is 15.1 Å². The minimum atomic E-state index is -0.709. The van der Waals surface area contributed by atoms with E-state index in [-0.39, 0.29) is 31.0 Å². The van der Waals surface area contributed by atoms with Crippen molar-refractivity contribution in [1.29, 1.82) is 0 Å². The summed E-state index contributed by atoms with van der Waals surface area (Å²) in [7, 11) is 0.